The van der Waals surface area contributed by atoms with Gasteiger partial charge >= 0.3 is 0 Å². The van der Waals surface area contributed by atoms with E-state index in [1.807, 2.05) is 48.5 Å². The number of nitrogens with two attached hydrogens (primary N) is 1. The number of hydrogen-bond donors (Lipinski definition) is 2. The summed E-state index contributed by atoms with van der Waals surface area (Å²) < 4.78 is 5.15. The molecule has 2 aromatic rings. The summed E-state index contributed by atoms with van der Waals surface area (Å²) in [7, 11) is 1.64. The van der Waals surface area contributed by atoms with Gasteiger partial charge in [-0.1, -0.05) is 18.2 Å². The average Bonchev–Trinajstić information content (AvgIpc) is 3.18. The van der Waals surface area contributed by atoms with Crippen molar-refractivity contribution in [3.05, 3.63) is 54.1 Å². The molecule has 154 valence electrons. The molecule has 6 nitrogen and oxygen atoms in total. The second-order valence-electron chi connectivity index (χ2n) is 7.01. The van der Waals surface area contributed by atoms with Gasteiger partial charge in [0.1, 0.15) is 5.75 Å². The van der Waals surface area contributed by atoms with Crippen LogP contribution in [0.3, 0.4) is 0 Å². The van der Waals surface area contributed by atoms with Gasteiger partial charge in [0.25, 0.3) is 0 Å². The molecule has 0 spiro atoms. The van der Waals surface area contributed by atoms with Crippen molar-refractivity contribution < 1.29 is 14.3 Å². The van der Waals surface area contributed by atoms with Gasteiger partial charge in [-0.3, -0.25) is 14.5 Å². The van der Waals surface area contributed by atoms with Gasteiger partial charge in [0.2, 0.25) is 11.8 Å². The number of amides is 2. The highest BCUT2D eigenvalue weighted by Crippen LogP contribution is 2.25. The molecule has 0 saturated carbocycles. The maximum absolute atomic E-state index is 12.4. The number of nitrogens with one attached hydrogen (secondary N) is 1. The Morgan fingerprint density at radius 2 is 1.97 bits per heavy atom. The van der Waals surface area contributed by atoms with Crippen molar-refractivity contribution in [2.24, 2.45) is 5.73 Å². The highest BCUT2D eigenvalue weighted by Gasteiger charge is 2.29. The van der Waals surface area contributed by atoms with Crippen molar-refractivity contribution in [1.82, 2.24) is 4.90 Å². The van der Waals surface area contributed by atoms with Crippen LogP contribution in [0.25, 0.3) is 0 Å². The van der Waals surface area contributed by atoms with Crippen molar-refractivity contribution in [2.45, 2.75) is 36.7 Å². The summed E-state index contributed by atoms with van der Waals surface area (Å²) in [6.07, 6.45) is 2.18. The van der Waals surface area contributed by atoms with Crippen LogP contribution in [0.4, 0.5) is 5.69 Å². The molecular weight excluding hydrogens is 386 g/mol. The molecule has 7 heteroatoms. The second kappa shape index (κ2) is 10.3. The Morgan fingerprint density at radius 3 is 2.69 bits per heavy atom. The summed E-state index contributed by atoms with van der Waals surface area (Å²) in [6.45, 7) is 1.44. The number of hydrogen-bond acceptors (Lipinski definition) is 5. The maximum Gasteiger partial charge on any atom is 0.234 e. The lowest BCUT2D eigenvalue weighted by Crippen LogP contribution is -2.39. The van der Waals surface area contributed by atoms with Gasteiger partial charge in [0.15, 0.2) is 0 Å². The molecule has 2 aromatic carbocycles. The molecule has 0 radical (unpaired) electrons. The van der Waals surface area contributed by atoms with Crippen LogP contribution in [0.2, 0.25) is 0 Å². The minimum absolute atomic E-state index is 0.0219. The summed E-state index contributed by atoms with van der Waals surface area (Å²) >= 11 is 1.64. The SMILES string of the molecule is COc1ccc(SCCC(=O)Nc2ccccc2CN2CCCC2C(N)=O)cc1. The van der Waals surface area contributed by atoms with Crippen LogP contribution in [0.15, 0.2) is 53.4 Å². The van der Waals surface area contributed by atoms with Crippen LogP contribution < -0.4 is 15.8 Å². The fraction of sp³-hybridized carbons (Fsp3) is 0.364. The number of primary amides is 1. The molecule has 1 aliphatic heterocycles. The normalized spacial score (nSPS) is 16.5. The first-order valence-corrected chi connectivity index (χ1v) is 10.7. The Hall–Kier alpha value is -2.51. The van der Waals surface area contributed by atoms with E-state index in [-0.39, 0.29) is 17.9 Å². The molecule has 0 aliphatic carbocycles. The standard InChI is InChI=1S/C22H27N3O3S/c1-28-17-8-10-18(11-9-17)29-14-12-21(26)24-19-6-3-2-5-16(19)15-25-13-4-7-20(25)22(23)27/h2-3,5-6,8-11,20H,4,7,12-15H2,1H3,(H2,23,27)(H,24,26). The lowest BCUT2D eigenvalue weighted by atomic mass is 10.1. The molecule has 3 N–H and O–H groups in total. The Bertz CT molecular complexity index is 841. The topological polar surface area (TPSA) is 84.7 Å². The number of methoxy groups -OCH3 is 1. The number of benzene rings is 2. The van der Waals surface area contributed by atoms with Crippen LogP contribution in [0.1, 0.15) is 24.8 Å². The van der Waals surface area contributed by atoms with Crippen LogP contribution in [0, 0.1) is 0 Å². The zero-order chi connectivity index (χ0) is 20.6. The van der Waals surface area contributed by atoms with E-state index >= 15 is 0 Å². The van der Waals surface area contributed by atoms with Gasteiger partial charge in [0, 0.05) is 29.3 Å². The van der Waals surface area contributed by atoms with Gasteiger partial charge in [-0.2, -0.15) is 0 Å². The number of likely N-dealkylation sites (tertiary alicyclic amines) is 1. The predicted molar refractivity (Wildman–Crippen MR) is 116 cm³/mol. The van der Waals surface area contributed by atoms with Crippen LogP contribution in [-0.2, 0) is 16.1 Å². The third-order valence-electron chi connectivity index (χ3n) is 5.01. The number of ether oxygens (including phenoxy) is 1. The summed E-state index contributed by atoms with van der Waals surface area (Å²) in [4.78, 5) is 27.3. The van der Waals surface area contributed by atoms with Crippen molar-refractivity contribution in [3.63, 3.8) is 0 Å². The van der Waals surface area contributed by atoms with Gasteiger partial charge in [-0.25, -0.2) is 0 Å². The van der Waals surface area contributed by atoms with E-state index in [1.165, 1.54) is 0 Å². The molecule has 29 heavy (non-hydrogen) atoms. The van der Waals surface area contributed by atoms with E-state index in [2.05, 4.69) is 10.2 Å². The van der Waals surface area contributed by atoms with Crippen molar-refractivity contribution >= 4 is 29.3 Å². The van der Waals surface area contributed by atoms with Gasteiger partial charge in [-0.05, 0) is 55.3 Å². The fourth-order valence-electron chi connectivity index (χ4n) is 3.48. The molecule has 1 atom stereocenters. The van der Waals surface area contributed by atoms with Gasteiger partial charge < -0.3 is 15.8 Å². The Balaban J connectivity index is 1.53. The molecule has 1 heterocycles. The molecule has 0 aromatic heterocycles. The molecule has 1 saturated heterocycles. The lowest BCUT2D eigenvalue weighted by Gasteiger charge is -2.23. The zero-order valence-corrected chi connectivity index (χ0v) is 17.4. The quantitative estimate of drug-likeness (QED) is 0.617. The largest absolute Gasteiger partial charge is 0.497 e. The fourth-order valence-corrected chi connectivity index (χ4v) is 4.33. The number of carbonyl (C=O) groups excluding carboxylic acids is 2. The van der Waals surface area contributed by atoms with Crippen LogP contribution in [-0.4, -0.2) is 42.2 Å². The lowest BCUT2D eigenvalue weighted by molar-refractivity contribution is -0.122. The zero-order valence-electron chi connectivity index (χ0n) is 16.6. The summed E-state index contributed by atoms with van der Waals surface area (Å²) in [5.74, 6) is 1.21. The summed E-state index contributed by atoms with van der Waals surface area (Å²) in [6, 6.07) is 15.3. The van der Waals surface area contributed by atoms with Gasteiger partial charge in [-0.15, -0.1) is 11.8 Å². The second-order valence-corrected chi connectivity index (χ2v) is 8.18. The highest BCUT2D eigenvalue weighted by atomic mass is 32.2. The molecule has 2 amide bonds. The van der Waals surface area contributed by atoms with E-state index in [0.717, 1.165) is 41.3 Å². The van der Waals surface area contributed by atoms with Crippen molar-refractivity contribution in [3.8, 4) is 5.75 Å². The Kier molecular flexibility index (Phi) is 7.55. The molecule has 1 aliphatic rings. The van der Waals surface area contributed by atoms with Crippen molar-refractivity contribution in [1.29, 1.82) is 0 Å². The number of nitrogens with zero attached hydrogens (tertiary/aromatic N) is 1. The third-order valence-corrected chi connectivity index (χ3v) is 6.03. The van der Waals surface area contributed by atoms with E-state index in [1.54, 1.807) is 18.9 Å². The number of thioether (sulfide) groups is 1. The maximum atomic E-state index is 12.4. The summed E-state index contributed by atoms with van der Waals surface area (Å²) in [5.41, 5.74) is 7.31. The van der Waals surface area contributed by atoms with E-state index in [9.17, 15) is 9.59 Å². The van der Waals surface area contributed by atoms with Crippen molar-refractivity contribution in [2.75, 3.05) is 24.7 Å². The minimum atomic E-state index is -0.278. The van der Waals surface area contributed by atoms with Crippen LogP contribution >= 0.6 is 11.8 Å². The monoisotopic (exact) mass is 413 g/mol. The third kappa shape index (κ3) is 5.98. The van der Waals surface area contributed by atoms with Gasteiger partial charge in [0.05, 0.1) is 13.2 Å². The average molecular weight is 414 g/mol. The first kappa shape index (κ1) is 21.2. The first-order chi connectivity index (χ1) is 14.1. The van der Waals surface area contributed by atoms with E-state index in [0.29, 0.717) is 18.7 Å². The van der Waals surface area contributed by atoms with E-state index in [4.69, 9.17) is 10.5 Å². The smallest absolute Gasteiger partial charge is 0.234 e. The molecule has 1 fully saturated rings. The number of para-hydroxylation sites is 1. The Labute approximate surface area is 175 Å². The first-order valence-electron chi connectivity index (χ1n) is 9.75. The van der Waals surface area contributed by atoms with Crippen LogP contribution in [0.5, 0.6) is 5.75 Å². The predicted octanol–water partition coefficient (Wildman–Crippen LogP) is 3.27. The minimum Gasteiger partial charge on any atom is -0.497 e. The Morgan fingerprint density at radius 1 is 1.21 bits per heavy atom. The highest BCUT2D eigenvalue weighted by molar-refractivity contribution is 7.99. The summed E-state index contributed by atoms with van der Waals surface area (Å²) in [5, 5.41) is 3.02. The molecule has 1 unspecified atom stereocenters. The molecule has 0 bridgehead atoms. The number of anilines is 1. The number of rotatable bonds is 9. The molecule has 3 rings (SSSR count). The number of carbonyl (C=O) groups is 2. The molecular formula is C22H27N3O3S. The van der Waals surface area contributed by atoms with E-state index < -0.39 is 0 Å².